The van der Waals surface area contributed by atoms with Crippen molar-refractivity contribution in [3.8, 4) is 0 Å². The van der Waals surface area contributed by atoms with E-state index in [1.807, 2.05) is 6.92 Å². The Morgan fingerprint density at radius 3 is 2.57 bits per heavy atom. The molecule has 0 unspecified atom stereocenters. The van der Waals surface area contributed by atoms with Gasteiger partial charge in [-0.2, -0.15) is 0 Å². The van der Waals surface area contributed by atoms with E-state index in [-0.39, 0.29) is 36.5 Å². The number of hydrogen-bond acceptors (Lipinski definition) is 5. The van der Waals surface area contributed by atoms with Crippen molar-refractivity contribution in [2.24, 2.45) is 17.8 Å². The van der Waals surface area contributed by atoms with Crippen LogP contribution in [0.4, 0.5) is 0 Å². The van der Waals surface area contributed by atoms with Crippen LogP contribution in [0.2, 0.25) is 0 Å². The van der Waals surface area contributed by atoms with Crippen LogP contribution >= 0.6 is 0 Å². The van der Waals surface area contributed by atoms with Crippen molar-refractivity contribution in [1.29, 1.82) is 0 Å². The minimum atomic E-state index is -0.412. The zero-order chi connectivity index (χ0) is 15.4. The zero-order valence-corrected chi connectivity index (χ0v) is 13.2. The van der Waals surface area contributed by atoms with Crippen molar-refractivity contribution < 1.29 is 23.8 Å². The van der Waals surface area contributed by atoms with Crippen LogP contribution in [0.25, 0.3) is 0 Å². The summed E-state index contributed by atoms with van der Waals surface area (Å²) in [5, 5.41) is 0. The molecule has 4 atom stereocenters. The van der Waals surface area contributed by atoms with E-state index in [1.54, 1.807) is 6.92 Å². The third-order valence-electron chi connectivity index (χ3n) is 4.50. The number of hydrogen-bond donors (Lipinski definition) is 0. The molecule has 1 heterocycles. The smallest absolute Gasteiger partial charge is 0.309 e. The van der Waals surface area contributed by atoms with E-state index in [2.05, 4.69) is 0 Å². The monoisotopic (exact) mass is 298 g/mol. The fourth-order valence-electron chi connectivity index (χ4n) is 3.29. The Bertz CT molecular complexity index is 377. The molecule has 1 saturated heterocycles. The summed E-state index contributed by atoms with van der Waals surface area (Å²) in [6.45, 7) is 4.16. The largest absolute Gasteiger partial charge is 0.469 e. The Morgan fingerprint density at radius 1 is 1.29 bits per heavy atom. The molecule has 0 aromatic carbocycles. The Kier molecular flexibility index (Phi) is 5.62. The third kappa shape index (κ3) is 4.43. The summed E-state index contributed by atoms with van der Waals surface area (Å²) in [4.78, 5) is 23.8. The molecule has 1 aliphatic heterocycles. The average Bonchev–Trinajstić information content (AvgIpc) is 3.28. The van der Waals surface area contributed by atoms with E-state index in [0.29, 0.717) is 12.5 Å². The number of methoxy groups -OCH3 is 1. The summed E-state index contributed by atoms with van der Waals surface area (Å²) in [7, 11) is 1.35. The van der Waals surface area contributed by atoms with E-state index in [4.69, 9.17) is 14.2 Å². The molecule has 1 saturated carbocycles. The topological polar surface area (TPSA) is 61.8 Å². The van der Waals surface area contributed by atoms with E-state index in [0.717, 1.165) is 12.8 Å². The number of carbonyl (C=O) groups excluding carboxylic acids is 2. The van der Waals surface area contributed by atoms with Crippen molar-refractivity contribution in [1.82, 2.24) is 0 Å². The predicted molar refractivity (Wildman–Crippen MR) is 76.5 cm³/mol. The fourth-order valence-corrected chi connectivity index (χ4v) is 3.29. The first-order chi connectivity index (χ1) is 10.0. The third-order valence-corrected chi connectivity index (χ3v) is 4.50. The normalized spacial score (nSPS) is 30.5. The lowest BCUT2D eigenvalue weighted by molar-refractivity contribution is -0.160. The van der Waals surface area contributed by atoms with Crippen molar-refractivity contribution in [2.45, 2.75) is 58.2 Å². The highest BCUT2D eigenvalue weighted by Crippen LogP contribution is 2.43. The standard InChI is InChI=1S/C16H26O5/c1-4-20-16(18)13(9-15(17)19-3)12-7-10(2)21-14(8-12)11-5-6-11/h10-14H,4-9H2,1-3H3/t10-,12+,13-,14+/m0/s1. The lowest BCUT2D eigenvalue weighted by Gasteiger charge is -2.37. The molecule has 0 bridgehead atoms. The van der Waals surface area contributed by atoms with Gasteiger partial charge in [-0.25, -0.2) is 0 Å². The Balaban J connectivity index is 2.05. The molecule has 0 aromatic heterocycles. The second kappa shape index (κ2) is 7.25. The lowest BCUT2D eigenvalue weighted by Crippen LogP contribution is -2.39. The maximum Gasteiger partial charge on any atom is 0.309 e. The van der Waals surface area contributed by atoms with Gasteiger partial charge in [0, 0.05) is 0 Å². The predicted octanol–water partition coefficient (Wildman–Crippen LogP) is 2.32. The van der Waals surface area contributed by atoms with Crippen LogP contribution in [0.5, 0.6) is 0 Å². The van der Waals surface area contributed by atoms with Crippen molar-refractivity contribution in [3.63, 3.8) is 0 Å². The van der Waals surface area contributed by atoms with E-state index < -0.39 is 5.92 Å². The molecule has 1 aliphatic carbocycles. The lowest BCUT2D eigenvalue weighted by atomic mass is 9.79. The molecule has 2 rings (SSSR count). The summed E-state index contributed by atoms with van der Waals surface area (Å²) in [5.74, 6) is -0.273. The fraction of sp³-hybridized carbons (Fsp3) is 0.875. The van der Waals surface area contributed by atoms with Gasteiger partial charge < -0.3 is 14.2 Å². The number of rotatable bonds is 6. The first-order valence-electron chi connectivity index (χ1n) is 7.94. The van der Waals surface area contributed by atoms with Crippen LogP contribution in [0.15, 0.2) is 0 Å². The van der Waals surface area contributed by atoms with Crippen LogP contribution < -0.4 is 0 Å². The van der Waals surface area contributed by atoms with Gasteiger partial charge in [0.05, 0.1) is 38.3 Å². The molecule has 0 radical (unpaired) electrons. The highest BCUT2D eigenvalue weighted by atomic mass is 16.5. The summed E-state index contributed by atoms with van der Waals surface area (Å²) in [6.07, 6.45) is 4.52. The van der Waals surface area contributed by atoms with Crippen molar-refractivity contribution >= 4 is 11.9 Å². The van der Waals surface area contributed by atoms with Gasteiger partial charge in [0.1, 0.15) is 0 Å². The zero-order valence-electron chi connectivity index (χ0n) is 13.2. The van der Waals surface area contributed by atoms with Crippen molar-refractivity contribution in [2.75, 3.05) is 13.7 Å². The molecule has 0 amide bonds. The van der Waals surface area contributed by atoms with Gasteiger partial charge in [0.25, 0.3) is 0 Å². The van der Waals surface area contributed by atoms with Crippen LogP contribution in [-0.4, -0.2) is 37.9 Å². The van der Waals surface area contributed by atoms with E-state index in [1.165, 1.54) is 20.0 Å². The molecular formula is C16H26O5. The molecule has 2 aliphatic rings. The summed E-state index contributed by atoms with van der Waals surface area (Å²) in [6, 6.07) is 0. The van der Waals surface area contributed by atoms with Gasteiger partial charge in [0.15, 0.2) is 0 Å². The average molecular weight is 298 g/mol. The number of carbonyl (C=O) groups is 2. The summed E-state index contributed by atoms with van der Waals surface area (Å²) < 4.78 is 15.9. The first-order valence-corrected chi connectivity index (χ1v) is 7.94. The molecule has 5 heteroatoms. The van der Waals surface area contributed by atoms with Crippen LogP contribution in [0, 0.1) is 17.8 Å². The second-order valence-corrected chi connectivity index (χ2v) is 6.19. The van der Waals surface area contributed by atoms with Crippen LogP contribution in [0.1, 0.15) is 46.0 Å². The number of ether oxygens (including phenoxy) is 3. The quantitative estimate of drug-likeness (QED) is 0.704. The molecule has 21 heavy (non-hydrogen) atoms. The van der Waals surface area contributed by atoms with Gasteiger partial charge in [-0.15, -0.1) is 0 Å². The minimum Gasteiger partial charge on any atom is -0.469 e. The Hall–Kier alpha value is -1.10. The molecular weight excluding hydrogens is 272 g/mol. The van der Waals surface area contributed by atoms with E-state index in [9.17, 15) is 9.59 Å². The highest BCUT2D eigenvalue weighted by Gasteiger charge is 2.42. The molecule has 0 N–H and O–H groups in total. The molecule has 0 spiro atoms. The Morgan fingerprint density at radius 2 is 2.00 bits per heavy atom. The second-order valence-electron chi connectivity index (χ2n) is 6.19. The molecule has 5 nitrogen and oxygen atoms in total. The van der Waals surface area contributed by atoms with Crippen molar-refractivity contribution in [3.05, 3.63) is 0 Å². The van der Waals surface area contributed by atoms with Gasteiger partial charge in [-0.1, -0.05) is 0 Å². The van der Waals surface area contributed by atoms with Crippen LogP contribution in [-0.2, 0) is 23.8 Å². The Labute approximate surface area is 126 Å². The first kappa shape index (κ1) is 16.3. The highest BCUT2D eigenvalue weighted by molar-refractivity contribution is 5.80. The van der Waals surface area contributed by atoms with Crippen LogP contribution in [0.3, 0.4) is 0 Å². The minimum absolute atomic E-state index is 0.101. The molecule has 120 valence electrons. The number of esters is 2. The maximum absolute atomic E-state index is 12.2. The maximum atomic E-state index is 12.2. The van der Waals surface area contributed by atoms with Gasteiger partial charge in [0.2, 0.25) is 0 Å². The SMILES string of the molecule is CCOC(=O)[C@@H](CC(=O)OC)[C@@H]1C[C@H](C)O[C@@H](C2CC2)C1. The summed E-state index contributed by atoms with van der Waals surface area (Å²) in [5.41, 5.74) is 0. The molecule has 2 fully saturated rings. The van der Waals surface area contributed by atoms with Gasteiger partial charge in [-0.3, -0.25) is 9.59 Å². The van der Waals surface area contributed by atoms with E-state index >= 15 is 0 Å². The molecule has 0 aromatic rings. The van der Waals surface area contributed by atoms with Gasteiger partial charge in [-0.05, 0) is 51.4 Å². The van der Waals surface area contributed by atoms with Gasteiger partial charge >= 0.3 is 11.9 Å². The summed E-state index contributed by atoms with van der Waals surface area (Å²) >= 11 is 0.